The molecule has 1 fully saturated rings. The lowest BCUT2D eigenvalue weighted by atomic mass is 10.1. The van der Waals surface area contributed by atoms with Gasteiger partial charge in [-0.15, -0.1) is 0 Å². The first-order valence-electron chi connectivity index (χ1n) is 6.65. The molecule has 19 heavy (non-hydrogen) atoms. The van der Waals surface area contributed by atoms with Crippen LogP contribution >= 0.6 is 0 Å². The summed E-state index contributed by atoms with van der Waals surface area (Å²) in [6, 6.07) is 7.94. The average molecular weight is 263 g/mol. The number of Topliss-reactive ketones (excluding diaryl/α,β-unsaturated/α-hetero) is 1. The van der Waals surface area contributed by atoms with Gasteiger partial charge in [0.05, 0.1) is 25.8 Å². The first kappa shape index (κ1) is 14.0. The fourth-order valence-electron chi connectivity index (χ4n) is 2.18. The van der Waals surface area contributed by atoms with E-state index in [2.05, 4.69) is 4.90 Å². The van der Waals surface area contributed by atoms with E-state index in [-0.39, 0.29) is 5.78 Å². The summed E-state index contributed by atoms with van der Waals surface area (Å²) >= 11 is 0. The van der Waals surface area contributed by atoms with Crippen LogP contribution in [0.15, 0.2) is 24.3 Å². The van der Waals surface area contributed by atoms with E-state index in [1.807, 2.05) is 24.3 Å². The molecule has 0 saturated heterocycles. The van der Waals surface area contributed by atoms with E-state index >= 15 is 0 Å². The van der Waals surface area contributed by atoms with Crippen molar-refractivity contribution < 1.29 is 14.3 Å². The van der Waals surface area contributed by atoms with Crippen molar-refractivity contribution in [3.05, 3.63) is 29.8 Å². The Labute approximate surface area is 114 Å². The lowest BCUT2D eigenvalue weighted by molar-refractivity contribution is 0.0883. The summed E-state index contributed by atoms with van der Waals surface area (Å²) in [5.74, 6) is 0.760. The van der Waals surface area contributed by atoms with E-state index in [9.17, 15) is 4.79 Å². The lowest BCUT2D eigenvalue weighted by Gasteiger charge is -2.21. The molecular weight excluding hydrogens is 242 g/mol. The maximum absolute atomic E-state index is 12.4. The van der Waals surface area contributed by atoms with Crippen molar-refractivity contribution in [3.8, 4) is 5.75 Å². The Balaban J connectivity index is 2.01. The van der Waals surface area contributed by atoms with E-state index < -0.39 is 0 Å². The summed E-state index contributed by atoms with van der Waals surface area (Å²) < 4.78 is 10.3. The molecule has 0 amide bonds. The maximum Gasteiger partial charge on any atom is 0.180 e. The fraction of sp³-hybridized carbons (Fsp3) is 0.533. The second kappa shape index (κ2) is 6.68. The maximum atomic E-state index is 12.4. The summed E-state index contributed by atoms with van der Waals surface area (Å²) in [6.07, 6.45) is 2.37. The van der Waals surface area contributed by atoms with Gasteiger partial charge in [0.2, 0.25) is 0 Å². The van der Waals surface area contributed by atoms with Crippen LogP contribution in [-0.2, 0) is 4.74 Å². The summed E-state index contributed by atoms with van der Waals surface area (Å²) in [6.45, 7) is 1.91. The van der Waals surface area contributed by atoms with Gasteiger partial charge in [-0.1, -0.05) is 12.1 Å². The zero-order chi connectivity index (χ0) is 13.7. The van der Waals surface area contributed by atoms with Gasteiger partial charge in [0, 0.05) is 19.7 Å². The van der Waals surface area contributed by atoms with Gasteiger partial charge in [0.25, 0.3) is 0 Å². The Morgan fingerprint density at radius 2 is 2.05 bits per heavy atom. The van der Waals surface area contributed by atoms with Gasteiger partial charge >= 0.3 is 0 Å². The van der Waals surface area contributed by atoms with Crippen molar-refractivity contribution in [2.75, 3.05) is 33.9 Å². The molecule has 0 N–H and O–H groups in total. The van der Waals surface area contributed by atoms with Gasteiger partial charge in [-0.3, -0.25) is 9.69 Å². The van der Waals surface area contributed by atoms with Crippen molar-refractivity contribution in [3.63, 3.8) is 0 Å². The molecule has 1 aromatic rings. The number of hydrogen-bond donors (Lipinski definition) is 0. The summed E-state index contributed by atoms with van der Waals surface area (Å²) in [5, 5.41) is 0. The normalized spacial score (nSPS) is 14.7. The number of methoxy groups -OCH3 is 2. The Morgan fingerprint density at radius 3 is 2.68 bits per heavy atom. The molecule has 0 radical (unpaired) electrons. The summed E-state index contributed by atoms with van der Waals surface area (Å²) in [5.41, 5.74) is 0.660. The molecule has 1 aliphatic carbocycles. The molecule has 0 bridgehead atoms. The number of ketones is 1. The third kappa shape index (κ3) is 3.78. The first-order chi connectivity index (χ1) is 9.26. The van der Waals surface area contributed by atoms with Crippen molar-refractivity contribution in [2.24, 2.45) is 0 Å². The average Bonchev–Trinajstić information content (AvgIpc) is 3.27. The van der Waals surface area contributed by atoms with Gasteiger partial charge in [-0.2, -0.15) is 0 Å². The minimum Gasteiger partial charge on any atom is -0.496 e. The molecule has 1 aromatic carbocycles. The Kier molecular flexibility index (Phi) is 4.93. The number of carbonyl (C=O) groups excluding carboxylic acids is 1. The largest absolute Gasteiger partial charge is 0.496 e. The molecule has 2 rings (SSSR count). The highest BCUT2D eigenvalue weighted by molar-refractivity contribution is 6.00. The van der Waals surface area contributed by atoms with E-state index in [4.69, 9.17) is 9.47 Å². The second-order valence-corrected chi connectivity index (χ2v) is 4.82. The number of para-hydroxylation sites is 1. The van der Waals surface area contributed by atoms with Crippen LogP contribution in [0.25, 0.3) is 0 Å². The van der Waals surface area contributed by atoms with Crippen LogP contribution in [0.4, 0.5) is 0 Å². The third-order valence-corrected chi connectivity index (χ3v) is 3.40. The standard InChI is InChI=1S/C15H21NO3/c1-18-10-9-16(12-7-8-12)11-14(17)13-5-3-4-6-15(13)19-2/h3-6,12H,7-11H2,1-2H3. The van der Waals surface area contributed by atoms with E-state index in [1.165, 1.54) is 12.8 Å². The highest BCUT2D eigenvalue weighted by Gasteiger charge is 2.30. The van der Waals surface area contributed by atoms with E-state index in [0.717, 1.165) is 6.54 Å². The van der Waals surface area contributed by atoms with Gasteiger partial charge in [-0.25, -0.2) is 0 Å². The van der Waals surface area contributed by atoms with Crippen molar-refractivity contribution >= 4 is 5.78 Å². The Bertz CT molecular complexity index is 429. The number of hydrogen-bond acceptors (Lipinski definition) is 4. The smallest absolute Gasteiger partial charge is 0.180 e. The van der Waals surface area contributed by atoms with Gasteiger partial charge in [0.1, 0.15) is 5.75 Å². The fourth-order valence-corrected chi connectivity index (χ4v) is 2.18. The molecule has 1 saturated carbocycles. The van der Waals surface area contributed by atoms with Crippen LogP contribution < -0.4 is 4.74 Å². The number of carbonyl (C=O) groups is 1. The van der Waals surface area contributed by atoms with Gasteiger partial charge in [0.15, 0.2) is 5.78 Å². The molecule has 0 spiro atoms. The van der Waals surface area contributed by atoms with Crippen LogP contribution in [0.3, 0.4) is 0 Å². The molecule has 0 aromatic heterocycles. The molecule has 0 unspecified atom stereocenters. The summed E-state index contributed by atoms with van der Waals surface area (Å²) in [4.78, 5) is 14.6. The van der Waals surface area contributed by atoms with Crippen LogP contribution in [0.1, 0.15) is 23.2 Å². The molecule has 4 nitrogen and oxygen atoms in total. The number of nitrogens with zero attached hydrogens (tertiary/aromatic N) is 1. The summed E-state index contributed by atoms with van der Waals surface area (Å²) in [7, 11) is 3.28. The van der Waals surface area contributed by atoms with Crippen LogP contribution in [0.5, 0.6) is 5.75 Å². The topological polar surface area (TPSA) is 38.8 Å². The number of ether oxygens (including phenoxy) is 2. The highest BCUT2D eigenvalue weighted by Crippen LogP contribution is 2.27. The van der Waals surface area contributed by atoms with Gasteiger partial charge < -0.3 is 9.47 Å². The monoisotopic (exact) mass is 263 g/mol. The zero-order valence-electron chi connectivity index (χ0n) is 11.6. The Hall–Kier alpha value is -1.39. The molecule has 0 atom stereocenters. The molecule has 104 valence electrons. The first-order valence-corrected chi connectivity index (χ1v) is 6.65. The third-order valence-electron chi connectivity index (χ3n) is 3.40. The number of rotatable bonds is 8. The van der Waals surface area contributed by atoms with Crippen molar-refractivity contribution in [1.82, 2.24) is 4.90 Å². The predicted molar refractivity (Wildman–Crippen MR) is 73.8 cm³/mol. The molecule has 0 aliphatic heterocycles. The minimum absolute atomic E-state index is 0.112. The highest BCUT2D eigenvalue weighted by atomic mass is 16.5. The molecule has 1 aliphatic rings. The number of benzene rings is 1. The quantitative estimate of drug-likeness (QED) is 0.672. The zero-order valence-corrected chi connectivity index (χ0v) is 11.6. The second-order valence-electron chi connectivity index (χ2n) is 4.82. The molecule has 0 heterocycles. The molecular formula is C15H21NO3. The van der Waals surface area contributed by atoms with Crippen LogP contribution in [0.2, 0.25) is 0 Å². The van der Waals surface area contributed by atoms with E-state index in [1.54, 1.807) is 14.2 Å². The van der Waals surface area contributed by atoms with Crippen molar-refractivity contribution in [1.29, 1.82) is 0 Å². The lowest BCUT2D eigenvalue weighted by Crippen LogP contribution is -2.34. The van der Waals surface area contributed by atoms with E-state index in [0.29, 0.717) is 30.5 Å². The molecule has 4 heteroatoms. The van der Waals surface area contributed by atoms with Gasteiger partial charge in [-0.05, 0) is 25.0 Å². The predicted octanol–water partition coefficient (Wildman–Crippen LogP) is 1.99. The van der Waals surface area contributed by atoms with Crippen LogP contribution in [-0.4, -0.2) is 50.6 Å². The Morgan fingerprint density at radius 1 is 1.32 bits per heavy atom. The SMILES string of the molecule is COCCN(CC(=O)c1ccccc1OC)C1CC1. The van der Waals surface area contributed by atoms with Crippen molar-refractivity contribution in [2.45, 2.75) is 18.9 Å². The van der Waals surface area contributed by atoms with Crippen LogP contribution in [0, 0.1) is 0 Å². The minimum atomic E-state index is 0.112.